The fourth-order valence-electron chi connectivity index (χ4n) is 14.8. The van der Waals surface area contributed by atoms with Crippen LogP contribution in [0.1, 0.15) is 268 Å². The van der Waals surface area contributed by atoms with Gasteiger partial charge in [0, 0.05) is 41.0 Å². The number of carbonyl (C=O) groups excluding carboxylic acids is 4. The minimum atomic E-state index is -0.956. The number of carboxylic acid groups (broad SMARTS) is 1. The fourth-order valence-corrected chi connectivity index (χ4v) is 16.1. The highest BCUT2D eigenvalue weighted by molar-refractivity contribution is 9.11. The van der Waals surface area contributed by atoms with Gasteiger partial charge in [0.05, 0.1) is 33.0 Å². The number of phenols is 2. The summed E-state index contributed by atoms with van der Waals surface area (Å²) in [5, 5.41) is 26.9. The summed E-state index contributed by atoms with van der Waals surface area (Å²) in [5.41, 5.74) is 18.9. The summed E-state index contributed by atoms with van der Waals surface area (Å²) in [6.45, 7) is 58.9. The van der Waals surface area contributed by atoms with Gasteiger partial charge in [-0.2, -0.15) is 0 Å². The van der Waals surface area contributed by atoms with Gasteiger partial charge in [0.1, 0.15) is 51.8 Å². The van der Waals surface area contributed by atoms with Gasteiger partial charge in [0.2, 0.25) is 0 Å². The number of hydrogen-bond donors (Lipinski definition) is 3. The quantitative estimate of drug-likeness (QED) is 0.0920. The lowest BCUT2D eigenvalue weighted by atomic mass is 10.1. The van der Waals surface area contributed by atoms with E-state index < -0.39 is 5.97 Å². The zero-order chi connectivity index (χ0) is 101. The standard InChI is InChI=1S/C10H13BrO.C10H12O3.4C10H14O.C8H9BrO.C8H10O.2C7H14.C6H10O.2C6H8O.C5H6O.2CH3Br/c1-4-12-10-7(2)5-9(11)6-8(10)3;1-7-4-3-5-8(2)10(7)13-6-9(11)12;4*1-4-11-10-8(2)6-5-7-9(10)3;1-5-3-7(9)4-6(2)8(5)10;1-6-4-3-5-7(2)8(6)9;2*1-6-3-4-7(2)5-6;2*1-5-2-3-6(7)4-5;7-6-4-2-1-3-5-6;6-5-3-1-2-4-5;2*1-2/h5-6H,4H2,1-3H3;3-5H,6H2,1-2H3,(H,11,12);4*5-7H,4H2,1-3H3;3-4,10H,1-2H3;3-5,9H,1-2H3;2*6-7H,3-5H2,1-2H3;5H,2-4H2,1H3;4H,2-3H2,1H3;2,4H,1,3,5H2;1,3H,2,4H2;2*1H3. The van der Waals surface area contributed by atoms with Gasteiger partial charge in [-0.3, -0.25) is 19.2 Å². The van der Waals surface area contributed by atoms with Crippen molar-refractivity contribution in [2.24, 2.45) is 29.6 Å². The van der Waals surface area contributed by atoms with E-state index in [-0.39, 0.29) is 24.0 Å². The van der Waals surface area contributed by atoms with E-state index in [9.17, 15) is 34.2 Å². The number of para-hydroxylation sites is 6. The first-order valence-corrected chi connectivity index (χ1v) is 51.9. The summed E-state index contributed by atoms with van der Waals surface area (Å²) >= 11 is 12.7. The average molecular weight is 2090 g/mol. The number of aryl methyl sites for hydroxylation is 16. The molecule has 0 saturated heterocycles. The third-order valence-corrected chi connectivity index (χ3v) is 22.6. The molecule has 5 atom stereocenters. The Morgan fingerprint density at radius 3 is 0.774 bits per heavy atom. The molecular formula is C115H166Br4O14. The largest absolute Gasteiger partial charge is 0.507 e. The molecule has 0 radical (unpaired) electrons. The second-order valence-electron chi connectivity index (χ2n) is 34.5. The molecule has 3 saturated carbocycles. The molecule has 0 aromatic heterocycles. The lowest BCUT2D eigenvalue weighted by molar-refractivity contribution is -0.139. The van der Waals surface area contributed by atoms with E-state index >= 15 is 0 Å². The zero-order valence-electron chi connectivity index (χ0n) is 86.4. The molecule has 8 aromatic carbocycles. The van der Waals surface area contributed by atoms with Crippen molar-refractivity contribution in [3.63, 3.8) is 0 Å². The smallest absolute Gasteiger partial charge is 0.341 e. The number of alkyl halides is 2. The highest BCUT2D eigenvalue weighted by atomic mass is 79.9. The lowest BCUT2D eigenvalue weighted by Crippen LogP contribution is -2.10. The molecule has 8 aromatic rings. The molecule has 14 nitrogen and oxygen atoms in total. The number of carboxylic acids is 1. The Morgan fingerprint density at radius 1 is 0.331 bits per heavy atom. The van der Waals surface area contributed by atoms with E-state index in [0.29, 0.717) is 28.9 Å². The van der Waals surface area contributed by atoms with Gasteiger partial charge < -0.3 is 43.7 Å². The minimum Gasteiger partial charge on any atom is -0.507 e. The highest BCUT2D eigenvalue weighted by Crippen LogP contribution is 2.33. The van der Waals surface area contributed by atoms with Gasteiger partial charge in [0.25, 0.3) is 0 Å². The van der Waals surface area contributed by atoms with Crippen LogP contribution in [0.2, 0.25) is 0 Å². The molecular weight excluding hydrogens is 1920 g/mol. The molecule has 0 aliphatic heterocycles. The van der Waals surface area contributed by atoms with Crippen LogP contribution in [0.25, 0.3) is 0 Å². The number of aliphatic carboxylic acids is 1. The summed E-state index contributed by atoms with van der Waals surface area (Å²) in [6.07, 6.45) is 26.8. The molecule has 3 N–H and O–H groups in total. The lowest BCUT2D eigenvalue weighted by Gasteiger charge is -2.10. The normalized spacial score (nSPS) is 15.6. The number of allylic oxidation sites excluding steroid dienone is 6. The van der Waals surface area contributed by atoms with Crippen LogP contribution in [-0.4, -0.2) is 95.7 Å². The van der Waals surface area contributed by atoms with Crippen LogP contribution >= 0.6 is 63.7 Å². The van der Waals surface area contributed by atoms with Gasteiger partial charge in [-0.1, -0.05) is 251 Å². The van der Waals surface area contributed by atoms with E-state index in [0.717, 1.165) is 192 Å². The van der Waals surface area contributed by atoms with Crippen molar-refractivity contribution in [2.75, 3.05) is 51.3 Å². The maximum atomic E-state index is 10.5. The molecule has 6 aliphatic rings. The molecule has 0 bridgehead atoms. The molecule has 6 aliphatic carbocycles. The second-order valence-corrected chi connectivity index (χ2v) is 36.3. The monoisotopic (exact) mass is 2090 g/mol. The predicted molar refractivity (Wildman–Crippen MR) is 576 cm³/mol. The molecule has 0 spiro atoms. The maximum Gasteiger partial charge on any atom is 0.341 e. The van der Waals surface area contributed by atoms with Crippen LogP contribution in [0.3, 0.4) is 0 Å². The Bertz CT molecular complexity index is 4330. The van der Waals surface area contributed by atoms with E-state index in [1.165, 1.54) is 99.7 Å². The van der Waals surface area contributed by atoms with Gasteiger partial charge in [-0.15, -0.1) is 0 Å². The van der Waals surface area contributed by atoms with Crippen molar-refractivity contribution in [1.29, 1.82) is 0 Å². The van der Waals surface area contributed by atoms with Crippen LogP contribution in [0, 0.1) is 140 Å². The number of ether oxygens (including phenoxy) is 6. The SMILES string of the molecule is CBr.CBr.CC1=CC(=O)CC1.CC1CCC(=O)C1.CC1CCC(C)C1.CC1CCC(C)C1.CCOc1c(C)cc(Br)cc1C.CCOc1c(C)cccc1C.CCOc1c(C)cccc1C.CCOc1c(C)cccc1C.CCOc1c(C)cccc1C.Cc1cc(Br)cc(C)c1O.Cc1cccc(C)c1O.Cc1cccc(C)c1OCC(=O)O.O=C1C=CCC1.O=C1C=CCCC1. The number of carbonyl (C=O) groups is 5. The van der Waals surface area contributed by atoms with Crippen LogP contribution in [0.5, 0.6) is 46.0 Å². The molecule has 133 heavy (non-hydrogen) atoms. The summed E-state index contributed by atoms with van der Waals surface area (Å²) < 4.78 is 34.6. The Kier molecular flexibility index (Phi) is 71.0. The Hall–Kier alpha value is -8.55. The second kappa shape index (κ2) is 74.7. The predicted octanol–water partition coefficient (Wildman–Crippen LogP) is 32.6. The summed E-state index contributed by atoms with van der Waals surface area (Å²) in [7, 11) is 0. The fraction of sp³-hybridized carbons (Fsp3) is 0.487. The first-order valence-electron chi connectivity index (χ1n) is 47.2. The molecule has 18 heteroatoms. The molecule has 0 heterocycles. The number of aromatic hydroxyl groups is 2. The zero-order valence-corrected chi connectivity index (χ0v) is 92.7. The number of benzene rings is 8. The van der Waals surface area contributed by atoms with Crippen LogP contribution in [0.4, 0.5) is 0 Å². The Morgan fingerprint density at radius 2 is 0.602 bits per heavy atom. The van der Waals surface area contributed by atoms with E-state index in [1.807, 2.05) is 180 Å². The summed E-state index contributed by atoms with van der Waals surface area (Å²) in [4.78, 5) is 51.6. The van der Waals surface area contributed by atoms with E-state index in [4.69, 9.17) is 33.5 Å². The van der Waals surface area contributed by atoms with Crippen molar-refractivity contribution >= 4 is 92.8 Å². The van der Waals surface area contributed by atoms with Crippen LogP contribution < -0.4 is 28.4 Å². The number of hydrogen-bond acceptors (Lipinski definition) is 13. The first-order chi connectivity index (χ1) is 63.0. The maximum absolute atomic E-state index is 10.5. The van der Waals surface area contributed by atoms with Crippen molar-refractivity contribution in [2.45, 2.75) is 290 Å². The Balaban J connectivity index is 0. The third kappa shape index (κ3) is 57.2. The Labute approximate surface area is 838 Å². The summed E-state index contributed by atoms with van der Waals surface area (Å²) in [5.74, 6) is 15.4. The molecule has 14 rings (SSSR count). The van der Waals surface area contributed by atoms with Crippen molar-refractivity contribution in [1.82, 2.24) is 0 Å². The minimum absolute atomic E-state index is 0.273. The van der Waals surface area contributed by atoms with Crippen LogP contribution in [0.15, 0.2) is 178 Å². The number of Topliss-reactive ketones (excluding diaryl/α,β-unsaturated/α-hetero) is 1. The summed E-state index contributed by atoms with van der Waals surface area (Å²) in [6, 6.07) is 44.1. The van der Waals surface area contributed by atoms with Crippen molar-refractivity contribution in [3.8, 4) is 46.0 Å². The molecule has 5 unspecified atom stereocenters. The number of ketones is 4. The van der Waals surface area contributed by atoms with Gasteiger partial charge in [-0.25, -0.2) is 4.79 Å². The van der Waals surface area contributed by atoms with Crippen molar-refractivity contribution < 1.29 is 67.7 Å². The highest BCUT2D eigenvalue weighted by Gasteiger charge is 2.19. The van der Waals surface area contributed by atoms with Crippen LogP contribution in [-0.2, 0) is 24.0 Å². The molecule has 738 valence electrons. The number of halogens is 4. The van der Waals surface area contributed by atoms with E-state index in [1.54, 1.807) is 18.2 Å². The number of rotatable bonds is 13. The third-order valence-electron chi connectivity index (χ3n) is 21.7. The molecule has 0 amide bonds. The first kappa shape index (κ1) is 126. The topological polar surface area (TPSA) is 201 Å². The van der Waals surface area contributed by atoms with Gasteiger partial charge in [0.15, 0.2) is 24.0 Å². The average Bonchev–Trinajstić information content (AvgIpc) is 1.10. The van der Waals surface area contributed by atoms with Crippen molar-refractivity contribution in [3.05, 3.63) is 267 Å². The molecule has 3 fully saturated rings. The van der Waals surface area contributed by atoms with Gasteiger partial charge in [-0.05, 0) is 370 Å². The number of phenolic OH excluding ortho intramolecular Hbond substituents is 2. The van der Waals surface area contributed by atoms with Gasteiger partial charge >= 0.3 is 5.97 Å². The van der Waals surface area contributed by atoms with E-state index in [2.05, 4.69) is 228 Å².